The monoisotopic (exact) mass is 580 g/mol. The maximum absolute atomic E-state index is 13.9. The van der Waals surface area contributed by atoms with Gasteiger partial charge in [0.2, 0.25) is 10.0 Å². The fourth-order valence-corrected chi connectivity index (χ4v) is 5.40. The van der Waals surface area contributed by atoms with Crippen molar-refractivity contribution in [2.45, 2.75) is 12.8 Å². The van der Waals surface area contributed by atoms with Gasteiger partial charge in [0.15, 0.2) is 5.88 Å². The molecule has 2 N–H and O–H groups in total. The molecule has 0 amide bonds. The van der Waals surface area contributed by atoms with Gasteiger partial charge in [0, 0.05) is 30.5 Å². The summed E-state index contributed by atoms with van der Waals surface area (Å²) in [4.78, 5) is 21.3. The maximum Gasteiger partial charge on any atom is 0.305 e. The highest BCUT2D eigenvalue weighted by Gasteiger charge is 2.21. The van der Waals surface area contributed by atoms with Crippen LogP contribution in [0.3, 0.4) is 0 Å². The molecule has 0 saturated carbocycles. The van der Waals surface area contributed by atoms with Crippen LogP contribution in [0.4, 0.5) is 15.8 Å². The van der Waals surface area contributed by atoms with Gasteiger partial charge in [0.25, 0.3) is 0 Å². The number of anilines is 1. The average Bonchev–Trinajstić information content (AvgIpc) is 3.24. The Kier molecular flexibility index (Phi) is 9.09. The molecule has 0 unspecified atom stereocenters. The fourth-order valence-electron chi connectivity index (χ4n) is 4.48. The van der Waals surface area contributed by atoms with E-state index in [1.165, 1.54) is 29.8 Å². The number of carbonyl (C=O) groups excluding carboxylic acids is 1. The number of benzene rings is 3. The lowest BCUT2D eigenvalue weighted by molar-refractivity contribution is -0.140. The summed E-state index contributed by atoms with van der Waals surface area (Å²) in [6.07, 6.45) is 1.82. The minimum Gasteiger partial charge on any atom is -0.494 e. The number of aromatic amines is 1. The number of hydrogen-bond donors (Lipinski definition) is 2. The summed E-state index contributed by atoms with van der Waals surface area (Å²) >= 11 is 0. The molecule has 1 aromatic heterocycles. The third-order valence-corrected chi connectivity index (χ3v) is 7.75. The number of rotatable bonds is 11. The Morgan fingerprint density at radius 2 is 1.78 bits per heavy atom. The molecule has 41 heavy (non-hydrogen) atoms. The van der Waals surface area contributed by atoms with E-state index in [1.54, 1.807) is 30.3 Å². The van der Waals surface area contributed by atoms with Crippen LogP contribution < -0.4 is 4.31 Å². The number of fused-ring (bicyclic) bond motifs is 1. The number of sulfonamides is 1. The van der Waals surface area contributed by atoms with E-state index in [0.29, 0.717) is 52.1 Å². The molecular weight excluding hydrogens is 547 g/mol. The molecule has 0 fully saturated rings. The van der Waals surface area contributed by atoms with Crippen molar-refractivity contribution >= 4 is 44.0 Å². The van der Waals surface area contributed by atoms with Gasteiger partial charge in [0.1, 0.15) is 5.82 Å². The Morgan fingerprint density at radius 3 is 2.44 bits per heavy atom. The van der Waals surface area contributed by atoms with Gasteiger partial charge in [-0.2, -0.15) is 0 Å². The van der Waals surface area contributed by atoms with Gasteiger partial charge in [-0.3, -0.25) is 9.10 Å². The summed E-state index contributed by atoms with van der Waals surface area (Å²) in [5.41, 5.74) is 3.77. The lowest BCUT2D eigenvalue weighted by Gasteiger charge is -2.24. The number of aromatic nitrogens is 1. The molecular formula is C30H33FN4O5S. The molecule has 0 radical (unpaired) electrons. The third-order valence-electron chi connectivity index (χ3n) is 6.55. The van der Waals surface area contributed by atoms with E-state index in [-0.39, 0.29) is 24.8 Å². The topological polar surface area (TPSA) is 115 Å². The number of ether oxygens (including phenoxy) is 1. The first-order chi connectivity index (χ1) is 19.5. The SMILES string of the molecule is COC(=O)CCc1cccc(C(=Nc2ccc(N(CCN(C)C)S(C)(=O)=O)cc2)c2c(O)[nH]c3cc(F)ccc23)c1. The lowest BCUT2D eigenvalue weighted by atomic mass is 9.97. The van der Waals surface area contributed by atoms with E-state index in [9.17, 15) is 22.7 Å². The second-order valence-corrected chi connectivity index (χ2v) is 11.8. The van der Waals surface area contributed by atoms with E-state index >= 15 is 0 Å². The number of likely N-dealkylation sites (N-methyl/N-ethyl adjacent to an activating group) is 1. The summed E-state index contributed by atoms with van der Waals surface area (Å²) in [7, 11) is 1.58. The molecule has 11 heteroatoms. The molecule has 0 aliphatic rings. The van der Waals surface area contributed by atoms with Crippen molar-refractivity contribution in [3.63, 3.8) is 0 Å². The quantitative estimate of drug-likeness (QED) is 0.198. The molecule has 3 aromatic carbocycles. The van der Waals surface area contributed by atoms with Crippen LogP contribution in [0.1, 0.15) is 23.1 Å². The normalized spacial score (nSPS) is 12.2. The molecule has 4 rings (SSSR count). The zero-order valence-corrected chi connectivity index (χ0v) is 24.2. The number of nitrogens with one attached hydrogen (secondary N) is 1. The van der Waals surface area contributed by atoms with Crippen LogP contribution in [0.5, 0.6) is 5.88 Å². The van der Waals surface area contributed by atoms with Crippen LogP contribution >= 0.6 is 0 Å². The van der Waals surface area contributed by atoms with Crippen molar-refractivity contribution in [2.75, 3.05) is 44.9 Å². The standard InChI is InChI=1S/C30H33FN4O5S/c1-34(2)16-17-35(41(4,38)39)24-12-10-23(11-13-24)32-29(21-7-5-6-20(18-21)8-15-27(36)40-3)28-25-14-9-22(31)19-26(25)33-30(28)37/h5-7,9-14,18-19,33,37H,8,15-17H2,1-4H3. The Labute approximate surface area is 238 Å². The summed E-state index contributed by atoms with van der Waals surface area (Å²) in [6.45, 7) is 0.835. The van der Waals surface area contributed by atoms with E-state index in [2.05, 4.69) is 4.98 Å². The van der Waals surface area contributed by atoms with Crippen molar-refractivity contribution in [2.24, 2.45) is 4.99 Å². The number of hydrogen-bond acceptors (Lipinski definition) is 7. The molecule has 9 nitrogen and oxygen atoms in total. The lowest BCUT2D eigenvalue weighted by Crippen LogP contribution is -2.35. The number of aliphatic imine (C=N–C) groups is 1. The number of H-pyrrole nitrogens is 1. The number of nitrogens with zero attached hydrogens (tertiary/aromatic N) is 3. The molecule has 0 aliphatic heterocycles. The predicted molar refractivity (Wildman–Crippen MR) is 159 cm³/mol. The maximum atomic E-state index is 13.9. The fraction of sp³-hybridized carbons (Fsp3) is 0.267. The Balaban J connectivity index is 1.80. The van der Waals surface area contributed by atoms with E-state index in [4.69, 9.17) is 9.73 Å². The highest BCUT2D eigenvalue weighted by atomic mass is 32.2. The van der Waals surface area contributed by atoms with Crippen molar-refractivity contribution in [1.29, 1.82) is 0 Å². The molecule has 0 atom stereocenters. The zero-order valence-electron chi connectivity index (χ0n) is 23.4. The third kappa shape index (κ3) is 7.30. The molecule has 0 saturated heterocycles. The van der Waals surface area contributed by atoms with Gasteiger partial charge >= 0.3 is 5.97 Å². The van der Waals surface area contributed by atoms with Crippen LogP contribution in [-0.2, 0) is 26.0 Å². The molecule has 0 aliphatic carbocycles. The number of methoxy groups -OCH3 is 1. The smallest absolute Gasteiger partial charge is 0.305 e. The summed E-state index contributed by atoms with van der Waals surface area (Å²) in [6, 6.07) is 18.4. The van der Waals surface area contributed by atoms with Crippen LogP contribution in [-0.4, -0.2) is 75.6 Å². The van der Waals surface area contributed by atoms with Crippen LogP contribution in [0, 0.1) is 5.82 Å². The first-order valence-electron chi connectivity index (χ1n) is 12.9. The Morgan fingerprint density at radius 1 is 1.05 bits per heavy atom. The van der Waals surface area contributed by atoms with Crippen LogP contribution in [0.25, 0.3) is 10.9 Å². The second-order valence-electron chi connectivity index (χ2n) is 9.93. The van der Waals surface area contributed by atoms with Crippen molar-refractivity contribution in [3.05, 3.63) is 89.2 Å². The number of halogens is 1. The van der Waals surface area contributed by atoms with Crippen molar-refractivity contribution in [3.8, 4) is 5.88 Å². The van der Waals surface area contributed by atoms with Gasteiger partial charge < -0.3 is 19.7 Å². The highest BCUT2D eigenvalue weighted by molar-refractivity contribution is 7.92. The predicted octanol–water partition coefficient (Wildman–Crippen LogP) is 4.61. The second kappa shape index (κ2) is 12.5. The van der Waals surface area contributed by atoms with Crippen molar-refractivity contribution in [1.82, 2.24) is 9.88 Å². The van der Waals surface area contributed by atoms with Gasteiger partial charge in [-0.1, -0.05) is 18.2 Å². The largest absolute Gasteiger partial charge is 0.494 e. The van der Waals surface area contributed by atoms with Gasteiger partial charge in [-0.25, -0.2) is 17.8 Å². The van der Waals surface area contributed by atoms with Gasteiger partial charge in [-0.05, 0) is 74.6 Å². The first kappa shape index (κ1) is 29.8. The minimum absolute atomic E-state index is 0.173. The van der Waals surface area contributed by atoms with E-state index in [1.807, 2.05) is 43.3 Å². The number of aryl methyl sites for hydroxylation is 1. The minimum atomic E-state index is -3.51. The number of aromatic hydroxyl groups is 1. The van der Waals surface area contributed by atoms with Gasteiger partial charge in [0.05, 0.1) is 41.5 Å². The molecule has 0 spiro atoms. The average molecular weight is 581 g/mol. The first-order valence-corrected chi connectivity index (χ1v) is 14.8. The van der Waals surface area contributed by atoms with E-state index in [0.717, 1.165) is 5.56 Å². The van der Waals surface area contributed by atoms with E-state index < -0.39 is 15.8 Å². The number of esters is 1. The Hall–Kier alpha value is -4.22. The van der Waals surface area contributed by atoms with Crippen LogP contribution in [0.15, 0.2) is 71.7 Å². The summed E-state index contributed by atoms with van der Waals surface area (Å²) in [5, 5.41) is 11.5. The highest BCUT2D eigenvalue weighted by Crippen LogP contribution is 2.33. The Bertz CT molecular complexity index is 1680. The summed E-state index contributed by atoms with van der Waals surface area (Å²) < 4.78 is 45.0. The van der Waals surface area contributed by atoms with Crippen molar-refractivity contribution < 1.29 is 27.4 Å². The van der Waals surface area contributed by atoms with Crippen LogP contribution in [0.2, 0.25) is 0 Å². The zero-order chi connectivity index (χ0) is 29.7. The molecule has 1 heterocycles. The summed E-state index contributed by atoms with van der Waals surface area (Å²) in [5.74, 6) is -0.948. The number of carbonyl (C=O) groups is 1. The molecule has 4 aromatic rings. The van der Waals surface area contributed by atoms with Gasteiger partial charge in [-0.15, -0.1) is 0 Å². The molecule has 0 bridgehead atoms. The molecule has 216 valence electrons.